The van der Waals surface area contributed by atoms with Gasteiger partial charge in [-0.25, -0.2) is 4.98 Å². The first-order valence-corrected chi connectivity index (χ1v) is 7.47. The molecular weight excluding hydrogens is 326 g/mol. The van der Waals surface area contributed by atoms with E-state index in [4.69, 9.17) is 14.2 Å². The molecule has 3 rings (SSSR count). The molecule has 2 aromatic rings. The summed E-state index contributed by atoms with van der Waals surface area (Å²) in [6.45, 7) is 1.39. The van der Waals surface area contributed by atoms with E-state index in [9.17, 15) is 9.59 Å². The maximum atomic E-state index is 12.7. The number of nitrogens with one attached hydrogen (secondary N) is 2. The molecule has 2 amide bonds. The largest absolute Gasteiger partial charge is 0.497 e. The Balaban J connectivity index is 1.87. The van der Waals surface area contributed by atoms with E-state index in [1.165, 1.54) is 27.3 Å². The molecule has 25 heavy (non-hydrogen) atoms. The van der Waals surface area contributed by atoms with Gasteiger partial charge in [0.1, 0.15) is 11.5 Å². The topological polar surface area (TPSA) is 98.8 Å². The lowest BCUT2D eigenvalue weighted by Gasteiger charge is -2.32. The summed E-state index contributed by atoms with van der Waals surface area (Å²) in [5.74, 6) is 0.329. The fraction of sp³-hybridized carbons (Fsp3) is 0.235. The summed E-state index contributed by atoms with van der Waals surface area (Å²) in [4.78, 5) is 29.1. The number of hydrogen-bond acceptors (Lipinski definition) is 6. The van der Waals surface area contributed by atoms with Gasteiger partial charge in [-0.2, -0.15) is 0 Å². The molecule has 2 heterocycles. The minimum atomic E-state index is -1.75. The normalized spacial score (nSPS) is 18.4. The molecule has 0 bridgehead atoms. The van der Waals surface area contributed by atoms with Crippen molar-refractivity contribution in [1.29, 1.82) is 0 Å². The second kappa shape index (κ2) is 6.31. The first kappa shape index (κ1) is 16.6. The quantitative estimate of drug-likeness (QED) is 0.822. The summed E-state index contributed by atoms with van der Waals surface area (Å²) in [6, 6.07) is 8.19. The number of carbonyl (C=O) groups excluding carboxylic acids is 2. The van der Waals surface area contributed by atoms with Crippen LogP contribution in [0.1, 0.15) is 6.92 Å². The molecule has 1 aromatic carbocycles. The van der Waals surface area contributed by atoms with Crippen LogP contribution in [-0.2, 0) is 9.59 Å². The van der Waals surface area contributed by atoms with Gasteiger partial charge in [-0.3, -0.25) is 9.59 Å². The zero-order valence-electron chi connectivity index (χ0n) is 14.0. The number of hydrogen-bond donors (Lipinski definition) is 2. The highest BCUT2D eigenvalue weighted by molar-refractivity contribution is 6.18. The van der Waals surface area contributed by atoms with E-state index < -0.39 is 17.4 Å². The molecule has 130 valence electrons. The van der Waals surface area contributed by atoms with E-state index >= 15 is 0 Å². The van der Waals surface area contributed by atoms with Gasteiger partial charge in [0.05, 0.1) is 19.9 Å². The summed E-state index contributed by atoms with van der Waals surface area (Å²) in [7, 11) is 3.00. The van der Waals surface area contributed by atoms with Gasteiger partial charge in [-0.15, -0.1) is 0 Å². The van der Waals surface area contributed by atoms with E-state index in [0.717, 1.165) is 0 Å². The molecule has 1 aromatic heterocycles. The molecule has 2 N–H and O–H groups in total. The van der Waals surface area contributed by atoms with Crippen LogP contribution in [-0.4, -0.2) is 36.6 Å². The number of pyridine rings is 1. The van der Waals surface area contributed by atoms with Gasteiger partial charge in [-0.05, 0) is 31.2 Å². The van der Waals surface area contributed by atoms with Crippen LogP contribution in [0.15, 0.2) is 36.5 Å². The predicted octanol–water partition coefficient (Wildman–Crippen LogP) is 1.83. The molecule has 1 atom stereocenters. The molecule has 1 aliphatic heterocycles. The third kappa shape index (κ3) is 2.93. The molecule has 0 fully saturated rings. The molecule has 0 spiro atoms. The fourth-order valence-corrected chi connectivity index (χ4v) is 2.35. The van der Waals surface area contributed by atoms with E-state index in [2.05, 4.69) is 15.6 Å². The second-order valence-corrected chi connectivity index (χ2v) is 5.46. The van der Waals surface area contributed by atoms with Gasteiger partial charge in [0.15, 0.2) is 11.6 Å². The zero-order valence-corrected chi connectivity index (χ0v) is 14.0. The van der Waals surface area contributed by atoms with Crippen molar-refractivity contribution < 1.29 is 23.8 Å². The molecule has 1 aliphatic rings. The third-order valence-electron chi connectivity index (χ3n) is 3.84. The smallest absolute Gasteiger partial charge is 0.279 e. The molecule has 8 heteroatoms. The van der Waals surface area contributed by atoms with Crippen molar-refractivity contribution in [3.8, 4) is 17.2 Å². The molecule has 0 saturated carbocycles. The Morgan fingerprint density at radius 1 is 1.28 bits per heavy atom. The maximum absolute atomic E-state index is 12.7. The zero-order chi connectivity index (χ0) is 18.0. The van der Waals surface area contributed by atoms with Gasteiger partial charge < -0.3 is 24.8 Å². The molecule has 0 aliphatic carbocycles. The van der Waals surface area contributed by atoms with Crippen molar-refractivity contribution in [2.24, 2.45) is 0 Å². The van der Waals surface area contributed by atoms with Crippen LogP contribution in [0.3, 0.4) is 0 Å². The van der Waals surface area contributed by atoms with Crippen LogP contribution in [0.25, 0.3) is 0 Å². The SMILES string of the molecule is COc1ccc(NC(=O)[C@]2(C)Oc3cccnc3NC2=O)c(OC)c1. The number of aromatic nitrogens is 1. The Morgan fingerprint density at radius 3 is 2.80 bits per heavy atom. The van der Waals surface area contributed by atoms with Crippen LogP contribution < -0.4 is 24.8 Å². The number of amides is 2. The van der Waals surface area contributed by atoms with Crippen molar-refractivity contribution in [2.45, 2.75) is 12.5 Å². The Bertz CT molecular complexity index is 839. The highest BCUT2D eigenvalue weighted by Crippen LogP contribution is 2.34. The molecule has 0 unspecified atom stereocenters. The van der Waals surface area contributed by atoms with Crippen LogP contribution in [0.5, 0.6) is 17.2 Å². The van der Waals surface area contributed by atoms with Gasteiger partial charge >= 0.3 is 0 Å². The van der Waals surface area contributed by atoms with Crippen LogP contribution in [0.2, 0.25) is 0 Å². The second-order valence-electron chi connectivity index (χ2n) is 5.46. The highest BCUT2D eigenvalue weighted by atomic mass is 16.5. The molecule has 8 nitrogen and oxygen atoms in total. The lowest BCUT2D eigenvalue weighted by molar-refractivity contribution is -0.143. The average Bonchev–Trinajstić information content (AvgIpc) is 2.62. The van der Waals surface area contributed by atoms with E-state index in [-0.39, 0.29) is 5.82 Å². The van der Waals surface area contributed by atoms with Crippen molar-refractivity contribution in [2.75, 3.05) is 24.9 Å². The third-order valence-corrected chi connectivity index (χ3v) is 3.84. The van der Waals surface area contributed by atoms with Crippen molar-refractivity contribution in [3.05, 3.63) is 36.5 Å². The van der Waals surface area contributed by atoms with Crippen LogP contribution in [0, 0.1) is 0 Å². The maximum Gasteiger partial charge on any atom is 0.279 e. The van der Waals surface area contributed by atoms with Crippen molar-refractivity contribution in [3.63, 3.8) is 0 Å². The minimum absolute atomic E-state index is 0.278. The number of nitrogens with zero attached hydrogens (tertiary/aromatic N) is 1. The molecule has 0 saturated heterocycles. The summed E-state index contributed by atoms with van der Waals surface area (Å²) in [6.07, 6.45) is 1.52. The van der Waals surface area contributed by atoms with Crippen LogP contribution in [0.4, 0.5) is 11.5 Å². The number of fused-ring (bicyclic) bond motifs is 1. The fourth-order valence-electron chi connectivity index (χ4n) is 2.35. The van der Waals surface area contributed by atoms with Crippen LogP contribution >= 0.6 is 0 Å². The van der Waals surface area contributed by atoms with Crippen molar-refractivity contribution >= 4 is 23.3 Å². The Morgan fingerprint density at radius 2 is 2.08 bits per heavy atom. The van der Waals surface area contributed by atoms with Crippen molar-refractivity contribution in [1.82, 2.24) is 4.98 Å². The van der Waals surface area contributed by atoms with E-state index in [1.807, 2.05) is 0 Å². The lowest BCUT2D eigenvalue weighted by atomic mass is 10.0. The summed E-state index contributed by atoms with van der Waals surface area (Å²) in [5.41, 5.74) is -1.36. The van der Waals surface area contributed by atoms with Gasteiger partial charge in [0.25, 0.3) is 17.4 Å². The monoisotopic (exact) mass is 343 g/mol. The number of carbonyl (C=O) groups is 2. The van der Waals surface area contributed by atoms with Gasteiger partial charge in [-0.1, -0.05) is 0 Å². The Kier molecular flexibility index (Phi) is 4.18. The van der Waals surface area contributed by atoms with E-state index in [1.54, 1.807) is 30.3 Å². The van der Waals surface area contributed by atoms with E-state index in [0.29, 0.717) is 22.9 Å². The van der Waals surface area contributed by atoms with Gasteiger partial charge in [0, 0.05) is 12.3 Å². The summed E-state index contributed by atoms with van der Waals surface area (Å²) in [5, 5.41) is 5.24. The summed E-state index contributed by atoms with van der Waals surface area (Å²) < 4.78 is 16.0. The average molecular weight is 343 g/mol. The first-order chi connectivity index (χ1) is 12.0. The highest BCUT2D eigenvalue weighted by Gasteiger charge is 2.47. The number of anilines is 2. The predicted molar refractivity (Wildman–Crippen MR) is 90.1 cm³/mol. The molecule has 0 radical (unpaired) electrons. The number of benzene rings is 1. The molecular formula is C17H17N3O5. The Hall–Kier alpha value is -3.29. The number of methoxy groups -OCH3 is 2. The summed E-state index contributed by atoms with van der Waals surface area (Å²) >= 11 is 0. The standard InChI is InChI=1S/C17H17N3O5/c1-17(16(22)20-14-12(25-17)5-4-8-18-14)15(21)19-11-7-6-10(23-2)9-13(11)24-3/h4-9H,1-3H3,(H,19,21)(H,18,20,22)/t17-/m0/s1. The lowest BCUT2D eigenvalue weighted by Crippen LogP contribution is -2.56. The minimum Gasteiger partial charge on any atom is -0.497 e. The Labute approximate surface area is 144 Å². The first-order valence-electron chi connectivity index (χ1n) is 7.47. The van der Waals surface area contributed by atoms with Gasteiger partial charge in [0.2, 0.25) is 0 Å². The number of rotatable bonds is 4. The number of ether oxygens (including phenoxy) is 3.